The van der Waals surface area contributed by atoms with Crippen LogP contribution in [0.5, 0.6) is 5.75 Å². The van der Waals surface area contributed by atoms with Crippen molar-refractivity contribution in [1.82, 2.24) is 29.6 Å². The molecule has 0 spiro atoms. The Morgan fingerprint density at radius 3 is 2.76 bits per heavy atom. The number of hydrogen-bond acceptors (Lipinski definition) is 7. The fourth-order valence-corrected chi connectivity index (χ4v) is 7.24. The minimum absolute atomic E-state index is 0.0266. The molecule has 1 fully saturated rings. The van der Waals surface area contributed by atoms with Crippen molar-refractivity contribution in [3.63, 3.8) is 0 Å². The zero-order valence-corrected chi connectivity index (χ0v) is 26.8. The highest BCUT2D eigenvalue weighted by molar-refractivity contribution is 6.39. The fraction of sp³-hybridized carbons (Fsp3) is 0.324. The maximum atomic E-state index is 17.2. The van der Waals surface area contributed by atoms with Crippen molar-refractivity contribution in [3.05, 3.63) is 81.4 Å². The SMILES string of the molecule is C=CC(=O)N1CCN2c3nc(=O)n(-c4c(C)ccnc4C(C)C)c4c(Cl)c(-c5c(C)ccc6[nH]ncc56)c(F)c(c34)OCCC2C1. The normalized spacial score (nSPS) is 16.4. The van der Waals surface area contributed by atoms with E-state index in [2.05, 4.69) is 26.7 Å². The number of halogens is 2. The van der Waals surface area contributed by atoms with E-state index >= 15 is 4.39 Å². The van der Waals surface area contributed by atoms with E-state index in [9.17, 15) is 9.59 Å². The summed E-state index contributed by atoms with van der Waals surface area (Å²) in [6.07, 6.45) is 5.12. The summed E-state index contributed by atoms with van der Waals surface area (Å²) in [4.78, 5) is 39.9. The number of hydrogen-bond donors (Lipinski definition) is 1. The van der Waals surface area contributed by atoms with E-state index < -0.39 is 11.5 Å². The Bertz CT molecular complexity index is 2140. The quantitative estimate of drug-likeness (QED) is 0.246. The van der Waals surface area contributed by atoms with Crippen LogP contribution in [0.25, 0.3) is 38.6 Å². The maximum Gasteiger partial charge on any atom is 0.354 e. The average molecular weight is 642 g/mol. The Labute approximate surface area is 269 Å². The summed E-state index contributed by atoms with van der Waals surface area (Å²) in [6, 6.07) is 5.36. The van der Waals surface area contributed by atoms with Gasteiger partial charge in [-0.3, -0.25) is 19.4 Å². The number of amides is 1. The Balaban J connectivity index is 1.63. The summed E-state index contributed by atoms with van der Waals surface area (Å²) < 4.78 is 25.0. The van der Waals surface area contributed by atoms with Crippen LogP contribution in [0, 0.1) is 19.7 Å². The van der Waals surface area contributed by atoms with Crippen LogP contribution < -0.4 is 15.3 Å². The molecular formula is C34H33ClFN7O3. The molecule has 1 N–H and O–H groups in total. The van der Waals surface area contributed by atoms with Crippen molar-refractivity contribution in [2.45, 2.75) is 46.1 Å². The molecule has 1 unspecified atom stereocenters. The molecule has 0 bridgehead atoms. The molecule has 1 saturated heterocycles. The van der Waals surface area contributed by atoms with Gasteiger partial charge in [0.25, 0.3) is 0 Å². The van der Waals surface area contributed by atoms with Crippen LogP contribution in [0.2, 0.25) is 5.02 Å². The zero-order chi connectivity index (χ0) is 32.4. The van der Waals surface area contributed by atoms with Gasteiger partial charge < -0.3 is 14.5 Å². The van der Waals surface area contributed by atoms with Crippen molar-refractivity contribution in [1.29, 1.82) is 0 Å². The molecule has 3 aromatic heterocycles. The number of aromatic nitrogens is 5. The number of pyridine rings is 1. The van der Waals surface area contributed by atoms with Crippen LogP contribution in [0.3, 0.4) is 0 Å². The maximum absolute atomic E-state index is 17.2. The number of carbonyl (C=O) groups is 1. The third kappa shape index (κ3) is 4.47. The molecular weight excluding hydrogens is 609 g/mol. The third-order valence-electron chi connectivity index (χ3n) is 9.10. The summed E-state index contributed by atoms with van der Waals surface area (Å²) in [6.45, 7) is 12.7. The summed E-state index contributed by atoms with van der Waals surface area (Å²) in [5, 5.41) is 8.19. The largest absolute Gasteiger partial charge is 0.490 e. The second-order valence-electron chi connectivity index (χ2n) is 12.2. The highest BCUT2D eigenvalue weighted by atomic mass is 35.5. The van der Waals surface area contributed by atoms with Crippen molar-refractivity contribution >= 4 is 45.1 Å². The molecule has 12 heteroatoms. The minimum Gasteiger partial charge on any atom is -0.490 e. The Morgan fingerprint density at radius 2 is 2.00 bits per heavy atom. The molecule has 2 aliphatic heterocycles. The molecule has 0 radical (unpaired) electrons. The van der Waals surface area contributed by atoms with E-state index in [1.165, 1.54) is 10.6 Å². The molecule has 46 heavy (non-hydrogen) atoms. The van der Waals surface area contributed by atoms with E-state index in [1.807, 2.05) is 50.8 Å². The van der Waals surface area contributed by atoms with Gasteiger partial charge in [0.1, 0.15) is 5.82 Å². The van der Waals surface area contributed by atoms with E-state index in [0.29, 0.717) is 59.3 Å². The second-order valence-corrected chi connectivity index (χ2v) is 12.6. The number of nitrogens with zero attached hydrogens (tertiary/aromatic N) is 6. The smallest absolute Gasteiger partial charge is 0.354 e. The first kappa shape index (κ1) is 29.9. The predicted octanol–water partition coefficient (Wildman–Crippen LogP) is 5.84. The lowest BCUT2D eigenvalue weighted by Crippen LogP contribution is -2.56. The Kier molecular flexibility index (Phi) is 7.31. The van der Waals surface area contributed by atoms with E-state index in [0.717, 1.165) is 11.1 Å². The number of ether oxygens (including phenoxy) is 1. The number of aryl methyl sites for hydroxylation is 2. The number of benzene rings is 2. The Hall–Kier alpha value is -4.77. The number of rotatable bonds is 4. The lowest BCUT2D eigenvalue weighted by molar-refractivity contribution is -0.126. The van der Waals surface area contributed by atoms with Crippen LogP contribution in [-0.4, -0.2) is 67.8 Å². The molecule has 5 heterocycles. The molecule has 236 valence electrons. The summed E-state index contributed by atoms with van der Waals surface area (Å²) in [7, 11) is 0. The van der Waals surface area contributed by atoms with Gasteiger partial charge in [0.05, 0.1) is 51.7 Å². The topological polar surface area (TPSA) is 109 Å². The predicted molar refractivity (Wildman–Crippen MR) is 177 cm³/mol. The van der Waals surface area contributed by atoms with Gasteiger partial charge in [0.15, 0.2) is 11.6 Å². The highest BCUT2D eigenvalue weighted by Gasteiger charge is 2.37. The molecule has 0 saturated carbocycles. The molecule has 10 nitrogen and oxygen atoms in total. The number of fused-ring (bicyclic) bond motifs is 3. The second kappa shape index (κ2) is 11.2. The van der Waals surface area contributed by atoms with Crippen LogP contribution in [0.4, 0.5) is 10.2 Å². The molecule has 7 rings (SSSR count). The third-order valence-corrected chi connectivity index (χ3v) is 9.46. The average Bonchev–Trinajstić information content (AvgIpc) is 3.51. The van der Waals surface area contributed by atoms with Gasteiger partial charge in [0.2, 0.25) is 5.91 Å². The van der Waals surface area contributed by atoms with Crippen molar-refractivity contribution < 1.29 is 13.9 Å². The molecule has 1 atom stereocenters. The highest BCUT2D eigenvalue weighted by Crippen LogP contribution is 2.49. The molecule has 2 aliphatic rings. The van der Waals surface area contributed by atoms with Gasteiger partial charge in [-0.05, 0) is 49.1 Å². The molecule has 1 amide bonds. The van der Waals surface area contributed by atoms with Crippen molar-refractivity contribution in [2.75, 3.05) is 31.1 Å². The van der Waals surface area contributed by atoms with Gasteiger partial charge in [-0.1, -0.05) is 38.1 Å². The number of aromatic amines is 1. The van der Waals surface area contributed by atoms with Crippen LogP contribution in [0.15, 0.2) is 48.0 Å². The van der Waals surface area contributed by atoms with Crippen molar-refractivity contribution in [2.24, 2.45) is 0 Å². The summed E-state index contributed by atoms with van der Waals surface area (Å²) >= 11 is 7.39. The zero-order valence-electron chi connectivity index (χ0n) is 26.0. The fourth-order valence-electron chi connectivity index (χ4n) is 6.89. The van der Waals surface area contributed by atoms with Gasteiger partial charge in [-0.15, -0.1) is 0 Å². The number of H-pyrrole nitrogens is 1. The van der Waals surface area contributed by atoms with Crippen LogP contribution in [-0.2, 0) is 4.79 Å². The van der Waals surface area contributed by atoms with E-state index in [1.54, 1.807) is 17.3 Å². The van der Waals surface area contributed by atoms with Gasteiger partial charge in [-0.25, -0.2) is 9.18 Å². The standard InChI is InChI=1S/C34H33ClFN7O3/c1-6-23(44)41-12-13-42-20(16-41)10-14-46-32-26-31(27(35)25(28(32)36)24-18(4)7-8-22-21(24)15-38-40-22)43(34(45)39-33(26)42)30-19(5)9-11-37-29(30)17(2)3/h6-9,11,15,17,20H,1,10,12-14,16H2,2-5H3,(H,38,40). The van der Waals surface area contributed by atoms with Crippen LogP contribution in [0.1, 0.15) is 43.0 Å². The monoisotopic (exact) mass is 641 g/mol. The molecule has 5 aromatic rings. The first-order chi connectivity index (χ1) is 22.1. The number of piperazine rings is 1. The first-order valence-corrected chi connectivity index (χ1v) is 15.7. The lowest BCUT2D eigenvalue weighted by atomic mass is 9.94. The van der Waals surface area contributed by atoms with Crippen LogP contribution >= 0.6 is 11.6 Å². The Morgan fingerprint density at radius 1 is 1.20 bits per heavy atom. The molecule has 0 aliphatic carbocycles. The molecule has 2 aromatic carbocycles. The van der Waals surface area contributed by atoms with E-state index in [-0.39, 0.29) is 52.1 Å². The number of nitrogens with one attached hydrogen (secondary N) is 1. The van der Waals surface area contributed by atoms with Gasteiger partial charge in [0, 0.05) is 48.8 Å². The van der Waals surface area contributed by atoms with Gasteiger partial charge in [-0.2, -0.15) is 10.1 Å². The number of anilines is 1. The summed E-state index contributed by atoms with van der Waals surface area (Å²) in [5.74, 6) is -0.617. The van der Waals surface area contributed by atoms with Gasteiger partial charge >= 0.3 is 5.69 Å². The van der Waals surface area contributed by atoms with E-state index in [4.69, 9.17) is 16.3 Å². The van der Waals surface area contributed by atoms with Crippen molar-refractivity contribution in [3.8, 4) is 22.6 Å². The number of carbonyl (C=O) groups excluding carboxylic acids is 1. The minimum atomic E-state index is -0.645. The summed E-state index contributed by atoms with van der Waals surface area (Å²) in [5.41, 5.74) is 3.88. The first-order valence-electron chi connectivity index (χ1n) is 15.3. The lowest BCUT2D eigenvalue weighted by Gasteiger charge is -2.43.